The summed E-state index contributed by atoms with van der Waals surface area (Å²) in [6.07, 6.45) is 3.23. The normalized spacial score (nSPS) is 22.6. The first-order valence-electron chi connectivity index (χ1n) is 3.35. The molecule has 1 aliphatic rings. The van der Waals surface area contributed by atoms with Gasteiger partial charge in [0.15, 0.2) is 0 Å². The fourth-order valence-corrected chi connectivity index (χ4v) is 2.66. The van der Waals surface area contributed by atoms with Crippen LogP contribution < -0.4 is 5.73 Å². The van der Waals surface area contributed by atoms with E-state index in [1.165, 1.54) is 6.26 Å². The molecule has 3 nitrogen and oxygen atoms in total. The Hall–Kier alpha value is -0.0900. The third-order valence-corrected chi connectivity index (χ3v) is 3.10. The van der Waals surface area contributed by atoms with Crippen molar-refractivity contribution in [2.24, 2.45) is 11.1 Å². The van der Waals surface area contributed by atoms with Gasteiger partial charge in [-0.1, -0.05) is 0 Å². The average Bonchev–Trinajstić information content (AvgIpc) is 2.45. The molecule has 0 spiro atoms. The van der Waals surface area contributed by atoms with Gasteiger partial charge < -0.3 is 5.73 Å². The van der Waals surface area contributed by atoms with Crippen LogP contribution in [0.25, 0.3) is 0 Å². The summed E-state index contributed by atoms with van der Waals surface area (Å²) >= 11 is 0. The molecule has 4 heteroatoms. The van der Waals surface area contributed by atoms with E-state index in [0.29, 0.717) is 6.54 Å². The largest absolute Gasteiger partial charge is 0.330 e. The molecular formula is C6H13NO2S. The van der Waals surface area contributed by atoms with E-state index in [1.807, 2.05) is 0 Å². The summed E-state index contributed by atoms with van der Waals surface area (Å²) < 4.78 is 21.6. The Bertz CT molecular complexity index is 216. The highest BCUT2D eigenvalue weighted by Gasteiger charge is 2.43. The van der Waals surface area contributed by atoms with Crippen molar-refractivity contribution in [1.82, 2.24) is 0 Å². The minimum atomic E-state index is -2.81. The molecule has 0 bridgehead atoms. The van der Waals surface area contributed by atoms with E-state index in [9.17, 15) is 8.42 Å². The smallest absolute Gasteiger partial charge is 0.148 e. The van der Waals surface area contributed by atoms with Crippen LogP contribution in [-0.2, 0) is 9.84 Å². The molecule has 0 unspecified atom stereocenters. The van der Waals surface area contributed by atoms with Gasteiger partial charge in [0.05, 0.1) is 5.75 Å². The summed E-state index contributed by atoms with van der Waals surface area (Å²) in [5.74, 6) is 0.274. The zero-order valence-corrected chi connectivity index (χ0v) is 6.95. The molecule has 0 aromatic heterocycles. The number of sulfone groups is 1. The SMILES string of the molecule is CS(=O)(=O)CC1(CN)CC1. The van der Waals surface area contributed by atoms with Gasteiger partial charge in [0.25, 0.3) is 0 Å². The van der Waals surface area contributed by atoms with Gasteiger partial charge in [0.2, 0.25) is 0 Å². The second kappa shape index (κ2) is 2.20. The number of hydrogen-bond acceptors (Lipinski definition) is 3. The van der Waals surface area contributed by atoms with Gasteiger partial charge in [-0.3, -0.25) is 0 Å². The third-order valence-electron chi connectivity index (χ3n) is 1.96. The lowest BCUT2D eigenvalue weighted by atomic mass is 10.1. The average molecular weight is 163 g/mol. The molecule has 2 N–H and O–H groups in total. The lowest BCUT2D eigenvalue weighted by molar-refractivity contribution is 0.551. The van der Waals surface area contributed by atoms with Gasteiger partial charge in [-0.05, 0) is 24.8 Å². The predicted octanol–water partition coefficient (Wildman–Crippen LogP) is -0.230. The zero-order chi connectivity index (χ0) is 7.83. The highest BCUT2D eigenvalue weighted by Crippen LogP contribution is 2.45. The van der Waals surface area contributed by atoms with Crippen molar-refractivity contribution in [3.8, 4) is 0 Å². The molecule has 1 saturated carbocycles. The first-order chi connectivity index (χ1) is 4.47. The van der Waals surface area contributed by atoms with Crippen LogP contribution in [0.4, 0.5) is 0 Å². The molecule has 0 radical (unpaired) electrons. The van der Waals surface area contributed by atoms with Gasteiger partial charge in [-0.25, -0.2) is 8.42 Å². The van der Waals surface area contributed by atoms with E-state index in [0.717, 1.165) is 12.8 Å². The van der Waals surface area contributed by atoms with Crippen LogP contribution in [0.3, 0.4) is 0 Å². The molecule has 0 saturated heterocycles. The summed E-state index contributed by atoms with van der Waals surface area (Å²) in [5, 5.41) is 0. The molecule has 0 aromatic carbocycles. The minimum Gasteiger partial charge on any atom is -0.330 e. The summed E-state index contributed by atoms with van der Waals surface area (Å²) in [7, 11) is -2.81. The molecule has 1 rings (SSSR count). The van der Waals surface area contributed by atoms with Gasteiger partial charge in [0.1, 0.15) is 9.84 Å². The molecule has 1 aliphatic carbocycles. The lowest BCUT2D eigenvalue weighted by Gasteiger charge is -2.08. The van der Waals surface area contributed by atoms with Gasteiger partial charge in [-0.15, -0.1) is 0 Å². The Morgan fingerprint density at radius 3 is 2.10 bits per heavy atom. The maximum absolute atomic E-state index is 10.8. The Morgan fingerprint density at radius 2 is 2.00 bits per heavy atom. The van der Waals surface area contributed by atoms with E-state index >= 15 is 0 Å². The number of nitrogens with two attached hydrogens (primary N) is 1. The Balaban J connectivity index is 2.54. The molecule has 0 amide bonds. The number of rotatable bonds is 3. The predicted molar refractivity (Wildman–Crippen MR) is 40.4 cm³/mol. The fourth-order valence-electron chi connectivity index (χ4n) is 1.14. The van der Waals surface area contributed by atoms with Gasteiger partial charge in [0, 0.05) is 6.26 Å². The molecule has 10 heavy (non-hydrogen) atoms. The first kappa shape index (κ1) is 8.01. The standard InChI is InChI=1S/C6H13NO2S/c1-10(8,9)5-6(4-7)2-3-6/h2-5,7H2,1H3. The molecule has 0 aromatic rings. The van der Waals surface area contributed by atoms with Crippen LogP contribution in [0.5, 0.6) is 0 Å². The Morgan fingerprint density at radius 1 is 1.50 bits per heavy atom. The third kappa shape index (κ3) is 1.95. The zero-order valence-electron chi connectivity index (χ0n) is 6.13. The highest BCUT2D eigenvalue weighted by molar-refractivity contribution is 7.90. The Kier molecular flexibility index (Phi) is 1.76. The van der Waals surface area contributed by atoms with Crippen LogP contribution in [0.2, 0.25) is 0 Å². The van der Waals surface area contributed by atoms with Crippen molar-refractivity contribution in [2.45, 2.75) is 12.8 Å². The lowest BCUT2D eigenvalue weighted by Crippen LogP contribution is -2.24. The summed E-state index contributed by atoms with van der Waals surface area (Å²) in [4.78, 5) is 0. The van der Waals surface area contributed by atoms with Crippen LogP contribution in [0, 0.1) is 5.41 Å². The van der Waals surface area contributed by atoms with Crippen molar-refractivity contribution in [3.05, 3.63) is 0 Å². The van der Waals surface area contributed by atoms with Gasteiger partial charge >= 0.3 is 0 Å². The fraction of sp³-hybridized carbons (Fsp3) is 1.00. The van der Waals surface area contributed by atoms with E-state index < -0.39 is 9.84 Å². The quantitative estimate of drug-likeness (QED) is 0.625. The second-order valence-electron chi connectivity index (χ2n) is 3.27. The molecule has 0 heterocycles. The van der Waals surface area contributed by atoms with Crippen LogP contribution >= 0.6 is 0 Å². The van der Waals surface area contributed by atoms with Crippen molar-refractivity contribution >= 4 is 9.84 Å². The van der Waals surface area contributed by atoms with Crippen LogP contribution in [0.15, 0.2) is 0 Å². The monoisotopic (exact) mass is 163 g/mol. The van der Waals surface area contributed by atoms with E-state index in [1.54, 1.807) is 0 Å². The van der Waals surface area contributed by atoms with Crippen molar-refractivity contribution < 1.29 is 8.42 Å². The minimum absolute atomic E-state index is 0.0341. The van der Waals surface area contributed by atoms with Crippen molar-refractivity contribution in [1.29, 1.82) is 0 Å². The van der Waals surface area contributed by atoms with E-state index in [4.69, 9.17) is 5.73 Å². The highest BCUT2D eigenvalue weighted by atomic mass is 32.2. The molecular weight excluding hydrogens is 150 g/mol. The van der Waals surface area contributed by atoms with E-state index in [-0.39, 0.29) is 11.2 Å². The van der Waals surface area contributed by atoms with Crippen LogP contribution in [0.1, 0.15) is 12.8 Å². The summed E-state index contributed by atoms with van der Waals surface area (Å²) in [6.45, 7) is 0.514. The molecule has 60 valence electrons. The first-order valence-corrected chi connectivity index (χ1v) is 5.41. The second-order valence-corrected chi connectivity index (χ2v) is 5.41. The molecule has 1 fully saturated rings. The van der Waals surface area contributed by atoms with Crippen molar-refractivity contribution in [2.75, 3.05) is 18.6 Å². The van der Waals surface area contributed by atoms with Gasteiger partial charge in [-0.2, -0.15) is 0 Å². The molecule has 0 aliphatic heterocycles. The van der Waals surface area contributed by atoms with Crippen LogP contribution in [-0.4, -0.2) is 27.0 Å². The summed E-state index contributed by atoms with van der Waals surface area (Å²) in [5.41, 5.74) is 5.38. The van der Waals surface area contributed by atoms with Crippen molar-refractivity contribution in [3.63, 3.8) is 0 Å². The Labute approximate surface area is 61.5 Å². The number of hydrogen-bond donors (Lipinski definition) is 1. The summed E-state index contributed by atoms with van der Waals surface area (Å²) in [6, 6.07) is 0. The maximum Gasteiger partial charge on any atom is 0.148 e. The maximum atomic E-state index is 10.8. The topological polar surface area (TPSA) is 60.2 Å². The molecule has 0 atom stereocenters. The van der Waals surface area contributed by atoms with E-state index in [2.05, 4.69) is 0 Å².